The number of amides is 1. The second-order valence-electron chi connectivity index (χ2n) is 17.6. The number of esters is 4. The van der Waals surface area contributed by atoms with Gasteiger partial charge in [-0.1, -0.05) is 80.6 Å². The van der Waals surface area contributed by atoms with Gasteiger partial charge in [0.15, 0.2) is 17.5 Å². The van der Waals surface area contributed by atoms with Crippen molar-refractivity contribution in [3.63, 3.8) is 0 Å². The molecule has 1 saturated heterocycles. The van der Waals surface area contributed by atoms with Gasteiger partial charge in [-0.15, -0.1) is 0 Å². The number of ketones is 1. The maximum Gasteiger partial charge on any atom is 0.350 e. The zero-order chi connectivity index (χ0) is 46.4. The molecule has 1 heterocycles. The molecule has 11 atom stereocenters. The fourth-order valence-electron chi connectivity index (χ4n) is 10.4. The SMILES string of the molecule is CC(=O)OC1C(=O)C2(C)C(O)CC3OCC3(OC(C)=O)C2C(OC(=O)c2ccccc2)C2(O)CC(OC(=O)C(OC=O)C(NC(=O)c3ccccc3)c3ccccc3)C(C)=C1C2(C)C. The molecule has 338 valence electrons. The molecule has 3 N–H and O–H groups in total. The Hall–Kier alpha value is -6.23. The van der Waals surface area contributed by atoms with E-state index in [-0.39, 0.29) is 41.8 Å². The van der Waals surface area contributed by atoms with Gasteiger partial charge in [0.05, 0.1) is 29.6 Å². The molecule has 3 aromatic carbocycles. The summed E-state index contributed by atoms with van der Waals surface area (Å²) >= 11 is 0. The quantitative estimate of drug-likeness (QED) is 0.101. The van der Waals surface area contributed by atoms with Crippen LogP contribution in [0, 0.1) is 16.7 Å². The number of carbonyl (C=O) groups is 7. The van der Waals surface area contributed by atoms with Crippen LogP contribution in [0.25, 0.3) is 0 Å². The van der Waals surface area contributed by atoms with Gasteiger partial charge < -0.3 is 44.0 Å². The van der Waals surface area contributed by atoms with Crippen LogP contribution in [0.4, 0.5) is 0 Å². The van der Waals surface area contributed by atoms with Gasteiger partial charge in [0.25, 0.3) is 12.4 Å². The molecule has 3 aromatic rings. The smallest absolute Gasteiger partial charge is 0.350 e. The van der Waals surface area contributed by atoms with E-state index in [1.54, 1.807) is 92.7 Å². The average molecular weight is 882 g/mol. The number of fused-ring (bicyclic) bond motifs is 5. The van der Waals surface area contributed by atoms with Gasteiger partial charge in [0, 0.05) is 37.7 Å². The van der Waals surface area contributed by atoms with E-state index in [1.807, 2.05) is 0 Å². The van der Waals surface area contributed by atoms with E-state index in [9.17, 15) is 39.0 Å². The van der Waals surface area contributed by atoms with Crippen LogP contribution in [0.3, 0.4) is 0 Å². The van der Waals surface area contributed by atoms with Crippen LogP contribution in [0.15, 0.2) is 102 Å². The molecule has 64 heavy (non-hydrogen) atoms. The molecule has 7 rings (SSSR count). The van der Waals surface area contributed by atoms with Crippen LogP contribution in [0.1, 0.15) is 86.7 Å². The monoisotopic (exact) mass is 881 g/mol. The van der Waals surface area contributed by atoms with E-state index in [0.29, 0.717) is 5.56 Å². The Balaban J connectivity index is 1.41. The number of nitrogens with one attached hydrogen (secondary N) is 1. The van der Waals surface area contributed by atoms with Crippen LogP contribution < -0.4 is 5.32 Å². The van der Waals surface area contributed by atoms with Crippen LogP contribution in [0.5, 0.6) is 0 Å². The Morgan fingerprint density at radius 3 is 1.98 bits per heavy atom. The number of rotatable bonds is 12. The summed E-state index contributed by atoms with van der Waals surface area (Å²) < 4.78 is 35.8. The van der Waals surface area contributed by atoms with Crippen molar-refractivity contribution in [2.75, 3.05) is 6.61 Å². The predicted octanol–water partition coefficient (Wildman–Crippen LogP) is 3.92. The molecule has 0 radical (unpaired) electrons. The number of ether oxygens (including phenoxy) is 6. The average Bonchev–Trinajstić information content (AvgIpc) is 3.26. The summed E-state index contributed by atoms with van der Waals surface area (Å²) in [6.45, 7) is 7.93. The Labute approximate surface area is 369 Å². The highest BCUT2D eigenvalue weighted by Gasteiger charge is 2.78. The van der Waals surface area contributed by atoms with Crippen molar-refractivity contribution in [3.8, 4) is 0 Å². The van der Waals surface area contributed by atoms with E-state index in [1.165, 1.54) is 26.0 Å². The Morgan fingerprint density at radius 2 is 1.44 bits per heavy atom. The third kappa shape index (κ3) is 7.66. The van der Waals surface area contributed by atoms with Crippen molar-refractivity contribution in [2.24, 2.45) is 16.7 Å². The lowest BCUT2D eigenvalue weighted by atomic mass is 9.44. The van der Waals surface area contributed by atoms with Crippen LogP contribution in [0.2, 0.25) is 0 Å². The molecule has 3 aliphatic carbocycles. The van der Waals surface area contributed by atoms with E-state index in [0.717, 1.165) is 13.8 Å². The number of aliphatic hydroxyl groups is 2. The largest absolute Gasteiger partial charge is 0.455 e. The minimum Gasteiger partial charge on any atom is -0.455 e. The van der Waals surface area contributed by atoms with Crippen molar-refractivity contribution in [2.45, 2.75) is 108 Å². The second-order valence-corrected chi connectivity index (χ2v) is 17.6. The molecule has 0 aromatic heterocycles. The highest BCUT2D eigenvalue weighted by Crippen LogP contribution is 2.64. The second kappa shape index (κ2) is 17.4. The maximum atomic E-state index is 15.6. The lowest BCUT2D eigenvalue weighted by Crippen LogP contribution is -2.82. The Morgan fingerprint density at radius 1 is 0.844 bits per heavy atom. The van der Waals surface area contributed by atoms with Gasteiger partial charge in [0.1, 0.15) is 30.0 Å². The summed E-state index contributed by atoms with van der Waals surface area (Å²) in [4.78, 5) is 96.4. The van der Waals surface area contributed by atoms with Crippen molar-refractivity contribution >= 4 is 42.0 Å². The summed E-state index contributed by atoms with van der Waals surface area (Å²) in [5, 5.41) is 28.6. The molecule has 2 saturated carbocycles. The normalized spacial score (nSPS) is 31.1. The molecule has 1 aliphatic heterocycles. The minimum atomic E-state index is -2.42. The van der Waals surface area contributed by atoms with Crippen molar-refractivity contribution in [1.29, 1.82) is 0 Å². The molecule has 11 unspecified atom stereocenters. The molecule has 4 aliphatic rings. The summed E-state index contributed by atoms with van der Waals surface area (Å²) in [6.07, 6.45) is -10.5. The van der Waals surface area contributed by atoms with Gasteiger partial charge in [-0.2, -0.15) is 0 Å². The highest BCUT2D eigenvalue weighted by molar-refractivity contribution is 5.96. The predicted molar refractivity (Wildman–Crippen MR) is 223 cm³/mol. The van der Waals surface area contributed by atoms with Crippen molar-refractivity contribution < 1.29 is 72.2 Å². The highest BCUT2D eigenvalue weighted by atomic mass is 16.6. The van der Waals surface area contributed by atoms with E-state index in [4.69, 9.17) is 28.4 Å². The molecule has 16 heteroatoms. The zero-order valence-electron chi connectivity index (χ0n) is 36.2. The topological polar surface area (TPSA) is 227 Å². The number of hydrogen-bond acceptors (Lipinski definition) is 15. The minimum absolute atomic E-state index is 0.0229. The van der Waals surface area contributed by atoms with Crippen molar-refractivity contribution in [3.05, 3.63) is 119 Å². The van der Waals surface area contributed by atoms with E-state index < -0.39 is 113 Å². The third-order valence-corrected chi connectivity index (χ3v) is 13.7. The molecule has 0 spiro atoms. The van der Waals surface area contributed by atoms with E-state index in [2.05, 4.69) is 5.32 Å². The molecule has 2 bridgehead atoms. The van der Waals surface area contributed by atoms with Gasteiger partial charge in [-0.3, -0.25) is 24.0 Å². The first kappa shape index (κ1) is 45.8. The summed E-state index contributed by atoms with van der Waals surface area (Å²) in [5.41, 5.74) is -7.20. The Kier molecular flexibility index (Phi) is 12.4. The van der Waals surface area contributed by atoms with Crippen LogP contribution >= 0.6 is 0 Å². The first-order chi connectivity index (χ1) is 30.3. The number of hydrogen-bond donors (Lipinski definition) is 3. The standard InChI is InChI=1S/C48H51NO15/c1-26-32(62-44(57)38(60-25-50)36(29-16-10-7-11-17-29)49-42(55)30-18-12-8-13-19-30)23-48(58)41(63-43(56)31-20-14-9-15-21-31)39-46(6,33(53)22-34-47(39,24-59-34)64-28(3)52)40(54)37(61-27(2)51)35(26)45(48,4)5/h7-21,25,32-34,36-39,41,53,58H,22-24H2,1-6H3,(H,49,55). The molecule has 16 nitrogen and oxygen atoms in total. The molecular weight excluding hydrogens is 831 g/mol. The molecule has 3 fully saturated rings. The molecular formula is C48H51NO15. The lowest BCUT2D eigenvalue weighted by molar-refractivity contribution is -0.346. The van der Waals surface area contributed by atoms with Crippen LogP contribution in [-0.4, -0.2) is 107 Å². The molecule has 1 amide bonds. The maximum absolute atomic E-state index is 15.6. The summed E-state index contributed by atoms with van der Waals surface area (Å²) in [6, 6.07) is 22.8. The van der Waals surface area contributed by atoms with Crippen molar-refractivity contribution in [1.82, 2.24) is 5.32 Å². The first-order valence-electron chi connectivity index (χ1n) is 20.9. The van der Waals surface area contributed by atoms with Gasteiger partial charge in [-0.25, -0.2) is 9.59 Å². The zero-order valence-corrected chi connectivity index (χ0v) is 36.2. The fourth-order valence-corrected chi connectivity index (χ4v) is 10.4. The first-order valence-corrected chi connectivity index (χ1v) is 20.9. The summed E-state index contributed by atoms with van der Waals surface area (Å²) in [5.74, 6) is -6.90. The third-order valence-electron chi connectivity index (χ3n) is 13.7. The number of aliphatic hydroxyl groups excluding tert-OH is 1. The lowest BCUT2D eigenvalue weighted by Gasteiger charge is -2.67. The number of benzene rings is 3. The number of carbonyl (C=O) groups excluding carboxylic acids is 7. The Bertz CT molecular complexity index is 2350. The van der Waals surface area contributed by atoms with E-state index >= 15 is 4.79 Å². The summed E-state index contributed by atoms with van der Waals surface area (Å²) in [7, 11) is 0. The van der Waals surface area contributed by atoms with Crippen LogP contribution in [-0.2, 0) is 52.4 Å². The fraction of sp³-hybridized carbons (Fsp3) is 0.438. The van der Waals surface area contributed by atoms with Gasteiger partial charge in [0.2, 0.25) is 6.10 Å². The van der Waals surface area contributed by atoms with Gasteiger partial charge >= 0.3 is 23.9 Å². The number of Topliss-reactive ketones (excluding diaryl/α,β-unsaturated/α-hetero) is 1. The van der Waals surface area contributed by atoms with Gasteiger partial charge in [-0.05, 0) is 54.8 Å².